The van der Waals surface area contributed by atoms with Gasteiger partial charge < -0.3 is 0 Å². The SMILES string of the molecule is BrCBr.[Zn]. The van der Waals surface area contributed by atoms with Gasteiger partial charge in [-0.1, -0.05) is 31.9 Å². The van der Waals surface area contributed by atoms with Crippen molar-refractivity contribution in [1.82, 2.24) is 0 Å². The summed E-state index contributed by atoms with van der Waals surface area (Å²) in [7, 11) is 0. The van der Waals surface area contributed by atoms with E-state index in [1.807, 2.05) is 0 Å². The molecule has 0 spiro atoms. The maximum Gasteiger partial charge on any atom is 0.0588 e. The van der Waals surface area contributed by atoms with E-state index in [1.165, 1.54) is 0 Å². The van der Waals surface area contributed by atoms with Gasteiger partial charge >= 0.3 is 0 Å². The Hall–Kier alpha value is 1.58. The predicted molar refractivity (Wildman–Crippen MR) is 22.7 cm³/mol. The molecule has 0 nitrogen and oxygen atoms in total. The standard InChI is InChI=1S/CH2Br2.Zn/c2-1-3;/h1H2;. The minimum Gasteiger partial charge on any atom is -0.0802 e. The average molecular weight is 239 g/mol. The van der Waals surface area contributed by atoms with Gasteiger partial charge in [0.25, 0.3) is 0 Å². The molecule has 0 aromatic heterocycles. The quantitative estimate of drug-likeness (QED) is 0.446. The van der Waals surface area contributed by atoms with Crippen molar-refractivity contribution < 1.29 is 19.5 Å². The number of rotatable bonds is 0. The summed E-state index contributed by atoms with van der Waals surface area (Å²) in [6, 6.07) is 0. The van der Waals surface area contributed by atoms with Crippen LogP contribution in [0.5, 0.6) is 0 Å². The van der Waals surface area contributed by atoms with E-state index in [1.54, 1.807) is 0 Å². The maximum absolute atomic E-state index is 3.06. The summed E-state index contributed by atoms with van der Waals surface area (Å²) in [6.45, 7) is 0. The van der Waals surface area contributed by atoms with Crippen LogP contribution in [0.1, 0.15) is 0 Å². The molecular formula is CH2Br2Zn. The summed E-state index contributed by atoms with van der Waals surface area (Å²) in [5, 5.41) is 0. The Bertz CT molecular complexity index is 6.00. The first-order valence-corrected chi connectivity index (χ1v) is 2.78. The molecule has 4 heavy (non-hydrogen) atoms. The fourth-order valence-electron chi connectivity index (χ4n) is 0. The Morgan fingerprint density at radius 2 is 1.25 bits per heavy atom. The minimum absolute atomic E-state index is 0. The Morgan fingerprint density at radius 1 is 1.25 bits per heavy atom. The molecular weight excluding hydrogens is 237 g/mol. The summed E-state index contributed by atoms with van der Waals surface area (Å²) >= 11 is 6.12. The molecule has 0 heterocycles. The molecule has 0 fully saturated rings. The zero-order valence-corrected chi connectivity index (χ0v) is 8.31. The molecule has 0 aromatic rings. The van der Waals surface area contributed by atoms with Crippen LogP contribution in [0.4, 0.5) is 0 Å². The third-order valence-corrected chi connectivity index (χ3v) is 0. The molecule has 0 amide bonds. The van der Waals surface area contributed by atoms with Gasteiger partial charge in [-0.3, -0.25) is 0 Å². The topological polar surface area (TPSA) is 0 Å². The van der Waals surface area contributed by atoms with Crippen molar-refractivity contribution in [2.45, 2.75) is 0 Å². The third-order valence-electron chi connectivity index (χ3n) is 0. The molecule has 0 N–H and O–H groups in total. The van der Waals surface area contributed by atoms with Crippen LogP contribution in [0.3, 0.4) is 0 Å². The van der Waals surface area contributed by atoms with E-state index < -0.39 is 0 Å². The van der Waals surface area contributed by atoms with E-state index in [-0.39, 0.29) is 19.5 Å². The smallest absolute Gasteiger partial charge is 0.0588 e. The van der Waals surface area contributed by atoms with Crippen molar-refractivity contribution in [3.05, 3.63) is 0 Å². The van der Waals surface area contributed by atoms with Crippen LogP contribution in [0.25, 0.3) is 0 Å². The second kappa shape index (κ2) is 8.82. The number of hydrogen-bond acceptors (Lipinski definition) is 0. The first kappa shape index (κ1) is 9.13. The van der Waals surface area contributed by atoms with Gasteiger partial charge in [0.1, 0.15) is 0 Å². The molecule has 0 rings (SSSR count). The van der Waals surface area contributed by atoms with E-state index in [9.17, 15) is 0 Å². The fraction of sp³-hybridized carbons (Fsp3) is 1.00. The second-order valence-corrected chi connectivity index (χ2v) is 2.73. The minimum atomic E-state index is 0. The molecule has 22 valence electrons. The summed E-state index contributed by atoms with van der Waals surface area (Å²) in [5.74, 6) is 0. The Kier molecular flexibility index (Phi) is 20.1. The summed E-state index contributed by atoms with van der Waals surface area (Å²) in [6.07, 6.45) is 0. The summed E-state index contributed by atoms with van der Waals surface area (Å²) < 4.78 is 0.875. The molecule has 0 bridgehead atoms. The van der Waals surface area contributed by atoms with Crippen molar-refractivity contribution in [2.75, 3.05) is 4.24 Å². The third kappa shape index (κ3) is 9.54. The molecule has 3 heteroatoms. The van der Waals surface area contributed by atoms with Gasteiger partial charge in [-0.15, -0.1) is 0 Å². The normalized spacial score (nSPS) is 4.50. The largest absolute Gasteiger partial charge is 0.0802 e. The molecule has 0 aromatic carbocycles. The molecule has 0 radical (unpaired) electrons. The van der Waals surface area contributed by atoms with Gasteiger partial charge in [0.15, 0.2) is 0 Å². The first-order valence-electron chi connectivity index (χ1n) is 0.535. The Labute approximate surface area is 55.4 Å². The Balaban J connectivity index is 0. The molecule has 0 unspecified atom stereocenters. The van der Waals surface area contributed by atoms with Gasteiger partial charge in [0.05, 0.1) is 4.24 Å². The summed E-state index contributed by atoms with van der Waals surface area (Å²) in [4.78, 5) is 0. The molecule has 0 aliphatic carbocycles. The van der Waals surface area contributed by atoms with Gasteiger partial charge in [-0.05, 0) is 0 Å². The van der Waals surface area contributed by atoms with Crippen molar-refractivity contribution in [1.29, 1.82) is 0 Å². The van der Waals surface area contributed by atoms with Crippen LogP contribution >= 0.6 is 31.9 Å². The number of halogens is 2. The van der Waals surface area contributed by atoms with Crippen LogP contribution in [0.15, 0.2) is 0 Å². The van der Waals surface area contributed by atoms with Crippen LogP contribution < -0.4 is 0 Å². The van der Waals surface area contributed by atoms with E-state index in [0.29, 0.717) is 0 Å². The van der Waals surface area contributed by atoms with Crippen LogP contribution in [-0.4, -0.2) is 4.24 Å². The molecule has 0 saturated heterocycles. The van der Waals surface area contributed by atoms with Crippen molar-refractivity contribution in [3.8, 4) is 0 Å². The molecule has 0 aliphatic heterocycles. The van der Waals surface area contributed by atoms with Gasteiger partial charge in [0.2, 0.25) is 0 Å². The number of hydrogen-bond donors (Lipinski definition) is 0. The fourth-order valence-corrected chi connectivity index (χ4v) is 0. The van der Waals surface area contributed by atoms with Crippen molar-refractivity contribution >= 4 is 31.9 Å². The van der Waals surface area contributed by atoms with Crippen molar-refractivity contribution in [2.24, 2.45) is 0 Å². The Morgan fingerprint density at radius 3 is 1.25 bits per heavy atom. The average Bonchev–Trinajstić information content (AvgIpc) is 0.918. The van der Waals surface area contributed by atoms with Crippen LogP contribution in [-0.2, 0) is 19.5 Å². The van der Waals surface area contributed by atoms with E-state index in [0.717, 1.165) is 4.24 Å². The number of alkyl halides is 2. The van der Waals surface area contributed by atoms with Crippen LogP contribution in [0, 0.1) is 0 Å². The molecule has 0 aliphatic rings. The zero-order valence-electron chi connectivity index (χ0n) is 2.17. The van der Waals surface area contributed by atoms with Gasteiger partial charge in [0, 0.05) is 19.5 Å². The summed E-state index contributed by atoms with van der Waals surface area (Å²) in [5.41, 5.74) is 0. The van der Waals surface area contributed by atoms with Gasteiger partial charge in [-0.25, -0.2) is 0 Å². The molecule has 0 saturated carbocycles. The first-order chi connectivity index (χ1) is 1.41. The predicted octanol–water partition coefficient (Wildman–Crippen LogP) is 1.73. The maximum atomic E-state index is 3.06. The zero-order chi connectivity index (χ0) is 2.71. The second-order valence-electron chi connectivity index (χ2n) is 0.101. The monoisotopic (exact) mass is 236 g/mol. The van der Waals surface area contributed by atoms with E-state index >= 15 is 0 Å². The molecule has 0 atom stereocenters. The van der Waals surface area contributed by atoms with Crippen LogP contribution in [0.2, 0.25) is 0 Å². The van der Waals surface area contributed by atoms with E-state index in [2.05, 4.69) is 31.9 Å². The van der Waals surface area contributed by atoms with Crippen molar-refractivity contribution in [3.63, 3.8) is 0 Å². The van der Waals surface area contributed by atoms with Gasteiger partial charge in [-0.2, -0.15) is 0 Å². The van der Waals surface area contributed by atoms with E-state index in [4.69, 9.17) is 0 Å².